The van der Waals surface area contributed by atoms with Crippen LogP contribution in [-0.2, 0) is 35.3 Å². The number of amides is 5. The third-order valence-electron chi connectivity index (χ3n) is 9.36. The van der Waals surface area contributed by atoms with Crippen LogP contribution in [0.2, 0.25) is 0 Å². The van der Waals surface area contributed by atoms with Gasteiger partial charge >= 0.3 is 12.1 Å². The molecule has 8 N–H and O–H groups in total. The van der Waals surface area contributed by atoms with Crippen LogP contribution in [0, 0.1) is 11.3 Å². The fraction of sp³-hybridized carbons (Fsp3) is 0.500. The van der Waals surface area contributed by atoms with E-state index >= 15 is 0 Å². The number of guanidine groups is 1. The predicted octanol–water partition coefficient (Wildman–Crippen LogP) is 2.67. The molecule has 4 rings (SSSR count). The highest BCUT2D eigenvalue weighted by atomic mass is 16.6. The van der Waals surface area contributed by atoms with Crippen molar-refractivity contribution in [3.05, 3.63) is 60.2 Å². The number of carbonyl (C=O) groups excluding carboxylic acids is 5. The van der Waals surface area contributed by atoms with Gasteiger partial charge in [-0.3, -0.25) is 29.5 Å². The van der Waals surface area contributed by atoms with E-state index in [1.54, 1.807) is 24.3 Å². The SMILES string of the molecule is CC(C)C[C@H](NC(=O)[C@@H]1CCCN1C(=O)OCc1ccc(/N=N/c2ccccc2)cc1)C(=O)NCC(=O)N1CCC[C@H]1C(=O)N[C@H](CCCNC(=N)N)C(=O)O. The third kappa shape index (κ3) is 13.1. The van der Waals surface area contributed by atoms with Gasteiger partial charge in [0, 0.05) is 19.6 Å². The minimum absolute atomic E-state index is 0.00956. The zero-order chi connectivity index (χ0) is 40.6. The molecule has 18 nitrogen and oxygen atoms in total. The highest BCUT2D eigenvalue weighted by Gasteiger charge is 2.38. The molecule has 0 unspecified atom stereocenters. The Morgan fingerprint density at radius 1 is 0.857 bits per heavy atom. The van der Waals surface area contributed by atoms with Gasteiger partial charge in [-0.05, 0) is 80.7 Å². The number of nitrogens with one attached hydrogen (secondary N) is 5. The van der Waals surface area contributed by atoms with Crippen LogP contribution < -0.4 is 27.0 Å². The number of nitrogens with two attached hydrogens (primary N) is 1. The number of hydrogen-bond acceptors (Lipinski definition) is 10. The Bertz CT molecular complexity index is 1720. The lowest BCUT2D eigenvalue weighted by atomic mass is 10.0. The number of nitrogens with zero attached hydrogens (tertiary/aromatic N) is 4. The number of carboxylic acids is 1. The van der Waals surface area contributed by atoms with Gasteiger partial charge < -0.3 is 41.7 Å². The summed E-state index contributed by atoms with van der Waals surface area (Å²) in [6.07, 6.45) is 1.80. The summed E-state index contributed by atoms with van der Waals surface area (Å²) in [5.41, 5.74) is 7.32. The van der Waals surface area contributed by atoms with E-state index in [1.807, 2.05) is 44.2 Å². The zero-order valence-electron chi connectivity index (χ0n) is 31.7. The molecular weight excluding hydrogens is 724 g/mol. The summed E-state index contributed by atoms with van der Waals surface area (Å²) >= 11 is 0. The van der Waals surface area contributed by atoms with Crippen LogP contribution in [0.15, 0.2) is 64.8 Å². The summed E-state index contributed by atoms with van der Waals surface area (Å²) in [5, 5.41) is 35.6. The van der Waals surface area contributed by atoms with Crippen LogP contribution in [0.5, 0.6) is 0 Å². The molecule has 302 valence electrons. The fourth-order valence-electron chi connectivity index (χ4n) is 6.51. The van der Waals surface area contributed by atoms with E-state index in [0.717, 1.165) is 11.3 Å². The van der Waals surface area contributed by atoms with Crippen molar-refractivity contribution in [2.45, 2.75) is 89.6 Å². The van der Waals surface area contributed by atoms with Crippen molar-refractivity contribution in [3.63, 3.8) is 0 Å². The van der Waals surface area contributed by atoms with Crippen molar-refractivity contribution in [3.8, 4) is 0 Å². The molecule has 0 bridgehead atoms. The molecular formula is C38H52N10O8. The van der Waals surface area contributed by atoms with Crippen molar-refractivity contribution < 1.29 is 38.6 Å². The molecule has 0 radical (unpaired) electrons. The molecule has 2 aliphatic heterocycles. The molecule has 2 aliphatic rings. The van der Waals surface area contributed by atoms with E-state index in [4.69, 9.17) is 15.9 Å². The normalized spacial score (nSPS) is 17.6. The van der Waals surface area contributed by atoms with Gasteiger partial charge in [0.1, 0.15) is 30.8 Å². The number of azo groups is 1. The Kier molecular flexibility index (Phi) is 16.1. The Balaban J connectivity index is 1.27. The van der Waals surface area contributed by atoms with Gasteiger partial charge in [0.25, 0.3) is 0 Å². The van der Waals surface area contributed by atoms with E-state index in [1.165, 1.54) is 9.80 Å². The maximum absolute atomic E-state index is 13.5. The topological polar surface area (TPSA) is 261 Å². The van der Waals surface area contributed by atoms with E-state index in [9.17, 15) is 33.9 Å². The van der Waals surface area contributed by atoms with Crippen molar-refractivity contribution in [2.75, 3.05) is 26.2 Å². The lowest BCUT2D eigenvalue weighted by Gasteiger charge is -2.27. The molecule has 18 heteroatoms. The van der Waals surface area contributed by atoms with Gasteiger partial charge in [0.2, 0.25) is 23.6 Å². The number of likely N-dealkylation sites (tertiary alicyclic amines) is 2. The molecule has 4 atom stereocenters. The predicted molar refractivity (Wildman–Crippen MR) is 205 cm³/mol. The van der Waals surface area contributed by atoms with Crippen LogP contribution in [-0.4, -0.2) is 107 Å². The van der Waals surface area contributed by atoms with Crippen LogP contribution in [0.3, 0.4) is 0 Å². The molecule has 2 aromatic rings. The third-order valence-corrected chi connectivity index (χ3v) is 9.36. The first-order valence-electron chi connectivity index (χ1n) is 18.8. The maximum Gasteiger partial charge on any atom is 0.410 e. The first-order chi connectivity index (χ1) is 26.8. The van der Waals surface area contributed by atoms with Crippen LogP contribution in [0.25, 0.3) is 0 Å². The van der Waals surface area contributed by atoms with E-state index in [2.05, 4.69) is 31.5 Å². The van der Waals surface area contributed by atoms with Crippen molar-refractivity contribution >= 4 is 53.0 Å². The highest BCUT2D eigenvalue weighted by Crippen LogP contribution is 2.22. The summed E-state index contributed by atoms with van der Waals surface area (Å²) in [4.78, 5) is 80.7. The summed E-state index contributed by atoms with van der Waals surface area (Å²) in [6, 6.07) is 12.4. The number of ether oxygens (including phenoxy) is 1. The van der Waals surface area contributed by atoms with Crippen LogP contribution in [0.1, 0.15) is 64.4 Å². The van der Waals surface area contributed by atoms with E-state index in [0.29, 0.717) is 44.3 Å². The lowest BCUT2D eigenvalue weighted by Crippen LogP contribution is -2.55. The molecule has 0 spiro atoms. The molecule has 0 aliphatic carbocycles. The van der Waals surface area contributed by atoms with Gasteiger partial charge in [0.05, 0.1) is 17.9 Å². The Morgan fingerprint density at radius 3 is 2.05 bits per heavy atom. The average molecular weight is 777 g/mol. The fourth-order valence-corrected chi connectivity index (χ4v) is 6.51. The summed E-state index contributed by atoms with van der Waals surface area (Å²) < 4.78 is 5.54. The lowest BCUT2D eigenvalue weighted by molar-refractivity contribution is -0.144. The quantitative estimate of drug-likeness (QED) is 0.0504. The van der Waals surface area contributed by atoms with E-state index in [-0.39, 0.29) is 44.4 Å². The van der Waals surface area contributed by atoms with Gasteiger partial charge in [-0.25, -0.2) is 9.59 Å². The van der Waals surface area contributed by atoms with Gasteiger partial charge in [-0.1, -0.05) is 44.2 Å². The smallest absolute Gasteiger partial charge is 0.410 e. The van der Waals surface area contributed by atoms with E-state index < -0.39 is 66.4 Å². The number of rotatable bonds is 18. The average Bonchev–Trinajstić information content (AvgIpc) is 3.88. The second-order valence-corrected chi connectivity index (χ2v) is 14.1. The first kappa shape index (κ1) is 42.7. The first-order valence-corrected chi connectivity index (χ1v) is 18.8. The molecule has 0 aromatic heterocycles. The largest absolute Gasteiger partial charge is 0.480 e. The number of benzene rings is 2. The number of hydrogen-bond donors (Lipinski definition) is 7. The molecule has 0 saturated carbocycles. The zero-order valence-corrected chi connectivity index (χ0v) is 31.7. The number of carbonyl (C=O) groups is 6. The molecule has 2 saturated heterocycles. The molecule has 2 fully saturated rings. The van der Waals surface area contributed by atoms with Crippen molar-refractivity contribution in [1.29, 1.82) is 5.41 Å². The highest BCUT2D eigenvalue weighted by molar-refractivity contribution is 5.95. The van der Waals surface area contributed by atoms with Crippen molar-refractivity contribution in [1.82, 2.24) is 31.1 Å². The molecule has 2 aromatic carbocycles. The summed E-state index contributed by atoms with van der Waals surface area (Å²) in [6.45, 7) is 4.12. The second-order valence-electron chi connectivity index (χ2n) is 14.1. The van der Waals surface area contributed by atoms with Gasteiger partial charge in [-0.2, -0.15) is 10.2 Å². The maximum atomic E-state index is 13.5. The van der Waals surface area contributed by atoms with Gasteiger partial charge in [-0.15, -0.1) is 0 Å². The standard InChI is InChI=1S/C38H52N10O8/c1-24(2)21-29(33(50)42-22-32(49)47-19-7-12-30(47)34(51)43-28(36(53)54)11-6-18-41-37(39)40)44-35(52)31-13-8-20-48(31)38(55)56-23-25-14-16-27(17-15-25)46-45-26-9-4-3-5-10-26/h3-5,9-10,14-17,24,28-31H,6-8,11-13,18-23H2,1-2H3,(H,42,50)(H,43,51)(H,44,52)(H,53,54)(H4,39,40,41)/b46-45+/t28-,29+,30+,31+/m1/s1. The summed E-state index contributed by atoms with van der Waals surface area (Å²) in [5.74, 6) is -3.73. The number of carboxylic acid groups (broad SMARTS) is 1. The molecule has 56 heavy (non-hydrogen) atoms. The minimum atomic E-state index is -1.23. The Labute approximate surface area is 325 Å². The summed E-state index contributed by atoms with van der Waals surface area (Å²) in [7, 11) is 0. The molecule has 5 amide bonds. The Morgan fingerprint density at radius 2 is 1.45 bits per heavy atom. The van der Waals surface area contributed by atoms with Crippen molar-refractivity contribution in [2.24, 2.45) is 21.9 Å². The monoisotopic (exact) mass is 776 g/mol. The van der Waals surface area contributed by atoms with Crippen LogP contribution >= 0.6 is 0 Å². The Hall–Kier alpha value is -6.07. The van der Waals surface area contributed by atoms with Gasteiger partial charge in [0.15, 0.2) is 5.96 Å². The minimum Gasteiger partial charge on any atom is -0.480 e. The number of aliphatic carboxylic acids is 1. The second kappa shape index (κ2) is 21.1. The van der Waals surface area contributed by atoms with Crippen LogP contribution in [0.4, 0.5) is 16.2 Å². The molecule has 2 heterocycles.